The first-order valence-electron chi connectivity index (χ1n) is 10.5. The molecular weight excluding hydrogens is 376 g/mol. The van der Waals surface area contributed by atoms with Crippen molar-refractivity contribution in [1.82, 2.24) is 14.8 Å². The molecule has 1 aliphatic rings. The molecule has 6 heteroatoms. The van der Waals surface area contributed by atoms with Crippen molar-refractivity contribution in [2.24, 2.45) is 0 Å². The van der Waals surface area contributed by atoms with Crippen molar-refractivity contribution < 1.29 is 9.59 Å². The number of carbonyl (C=O) groups is 2. The molecule has 2 N–H and O–H groups in total. The second-order valence-corrected chi connectivity index (χ2v) is 8.16. The van der Waals surface area contributed by atoms with Gasteiger partial charge in [0, 0.05) is 42.8 Å². The maximum Gasteiger partial charge on any atom is 0.270 e. The highest BCUT2D eigenvalue weighted by Gasteiger charge is 2.24. The summed E-state index contributed by atoms with van der Waals surface area (Å²) >= 11 is 0. The molecule has 0 bridgehead atoms. The number of aromatic nitrogens is 1. The van der Waals surface area contributed by atoms with E-state index >= 15 is 0 Å². The maximum atomic E-state index is 12.8. The van der Waals surface area contributed by atoms with Gasteiger partial charge >= 0.3 is 0 Å². The number of rotatable bonds is 5. The predicted octanol–water partition coefficient (Wildman–Crippen LogP) is 3.69. The number of H-pyrrole nitrogens is 1. The third-order valence-corrected chi connectivity index (χ3v) is 5.65. The fourth-order valence-corrected chi connectivity index (χ4v) is 3.82. The molecule has 0 radical (unpaired) electrons. The molecule has 2 heterocycles. The molecule has 0 aliphatic carbocycles. The van der Waals surface area contributed by atoms with E-state index in [0.29, 0.717) is 44.3 Å². The van der Waals surface area contributed by atoms with E-state index in [-0.39, 0.29) is 11.8 Å². The van der Waals surface area contributed by atoms with Crippen molar-refractivity contribution in [3.63, 3.8) is 0 Å². The largest absolute Gasteiger partial charge is 0.351 e. The minimum absolute atomic E-state index is 0.0144. The molecule has 1 aliphatic heterocycles. The van der Waals surface area contributed by atoms with E-state index in [9.17, 15) is 9.59 Å². The summed E-state index contributed by atoms with van der Waals surface area (Å²) in [4.78, 5) is 32.4. The second kappa shape index (κ2) is 8.71. The van der Waals surface area contributed by atoms with Crippen LogP contribution >= 0.6 is 0 Å². The minimum Gasteiger partial charge on any atom is -0.351 e. The minimum atomic E-state index is -0.0253. The van der Waals surface area contributed by atoms with Crippen LogP contribution in [-0.2, 0) is 4.79 Å². The zero-order chi connectivity index (χ0) is 21.1. The number of amides is 2. The van der Waals surface area contributed by atoms with E-state index in [0.717, 1.165) is 16.6 Å². The lowest BCUT2D eigenvalue weighted by Crippen LogP contribution is -2.50. The Bertz CT molecular complexity index is 998. The van der Waals surface area contributed by atoms with Crippen molar-refractivity contribution in [1.29, 1.82) is 0 Å². The van der Waals surface area contributed by atoms with Crippen molar-refractivity contribution in [2.75, 3.05) is 38.0 Å². The molecule has 2 amide bonds. The van der Waals surface area contributed by atoms with Crippen molar-refractivity contribution in [2.45, 2.75) is 19.8 Å². The Morgan fingerprint density at radius 2 is 1.70 bits per heavy atom. The van der Waals surface area contributed by atoms with Gasteiger partial charge in [-0.25, -0.2) is 0 Å². The van der Waals surface area contributed by atoms with Crippen LogP contribution in [0.25, 0.3) is 10.9 Å². The smallest absolute Gasteiger partial charge is 0.270 e. The van der Waals surface area contributed by atoms with Gasteiger partial charge in [-0.15, -0.1) is 0 Å². The number of para-hydroxylation sites is 1. The summed E-state index contributed by atoms with van der Waals surface area (Å²) in [6.07, 6.45) is 0. The predicted molar refractivity (Wildman–Crippen MR) is 120 cm³/mol. The molecular formula is C24H28N4O2. The number of hydrogen-bond donors (Lipinski definition) is 2. The fraction of sp³-hybridized carbons (Fsp3) is 0.333. The van der Waals surface area contributed by atoms with Gasteiger partial charge in [-0.05, 0) is 35.7 Å². The van der Waals surface area contributed by atoms with Crippen LogP contribution in [0.15, 0.2) is 54.6 Å². The van der Waals surface area contributed by atoms with Crippen LogP contribution in [0.3, 0.4) is 0 Å². The van der Waals surface area contributed by atoms with Crippen LogP contribution in [-0.4, -0.2) is 59.3 Å². The third-order valence-electron chi connectivity index (χ3n) is 5.65. The van der Waals surface area contributed by atoms with Gasteiger partial charge in [-0.1, -0.05) is 44.2 Å². The van der Waals surface area contributed by atoms with Crippen LogP contribution in [0.2, 0.25) is 0 Å². The van der Waals surface area contributed by atoms with Crippen molar-refractivity contribution >= 4 is 28.4 Å². The number of aromatic amines is 1. The quantitative estimate of drug-likeness (QED) is 0.682. The number of nitrogens with one attached hydrogen (secondary N) is 2. The van der Waals surface area contributed by atoms with E-state index in [1.54, 1.807) is 0 Å². The highest BCUT2D eigenvalue weighted by molar-refractivity contribution is 5.98. The fourth-order valence-electron chi connectivity index (χ4n) is 3.82. The average molecular weight is 405 g/mol. The first kappa shape index (κ1) is 20.2. The number of fused-ring (bicyclic) bond motifs is 1. The van der Waals surface area contributed by atoms with E-state index in [2.05, 4.69) is 41.2 Å². The first-order chi connectivity index (χ1) is 14.5. The van der Waals surface area contributed by atoms with Gasteiger partial charge in [0.05, 0.1) is 6.54 Å². The molecule has 0 saturated carbocycles. The molecule has 0 atom stereocenters. The number of carbonyl (C=O) groups excluding carboxylic acids is 2. The summed E-state index contributed by atoms with van der Waals surface area (Å²) in [6.45, 7) is 7.24. The van der Waals surface area contributed by atoms with E-state index in [1.165, 1.54) is 5.56 Å². The molecule has 156 valence electrons. The van der Waals surface area contributed by atoms with Gasteiger partial charge in [0.1, 0.15) is 5.69 Å². The molecule has 2 aromatic carbocycles. The lowest BCUT2D eigenvalue weighted by atomic mass is 10.0. The number of nitrogens with zero attached hydrogens (tertiary/aromatic N) is 2. The zero-order valence-electron chi connectivity index (χ0n) is 17.5. The monoisotopic (exact) mass is 404 g/mol. The molecule has 30 heavy (non-hydrogen) atoms. The summed E-state index contributed by atoms with van der Waals surface area (Å²) in [6, 6.07) is 17.8. The molecule has 3 aromatic rings. The van der Waals surface area contributed by atoms with Gasteiger partial charge in [-0.2, -0.15) is 0 Å². The molecule has 1 fully saturated rings. The summed E-state index contributed by atoms with van der Waals surface area (Å²) in [5.41, 5.74) is 3.66. The number of hydrogen-bond acceptors (Lipinski definition) is 3. The van der Waals surface area contributed by atoms with Crippen molar-refractivity contribution in [3.05, 3.63) is 65.9 Å². The van der Waals surface area contributed by atoms with Crippen LogP contribution in [0.1, 0.15) is 35.8 Å². The Labute approximate surface area is 176 Å². The molecule has 4 rings (SSSR count). The molecule has 6 nitrogen and oxygen atoms in total. The summed E-state index contributed by atoms with van der Waals surface area (Å²) in [7, 11) is 0. The second-order valence-electron chi connectivity index (χ2n) is 8.16. The Morgan fingerprint density at radius 3 is 2.37 bits per heavy atom. The average Bonchev–Trinajstić information content (AvgIpc) is 3.18. The summed E-state index contributed by atoms with van der Waals surface area (Å²) < 4.78 is 0. The van der Waals surface area contributed by atoms with Gasteiger partial charge in [0.25, 0.3) is 5.91 Å². The number of anilines is 1. The lowest BCUT2D eigenvalue weighted by Gasteiger charge is -2.34. The Kier molecular flexibility index (Phi) is 5.86. The van der Waals surface area contributed by atoms with Crippen molar-refractivity contribution in [3.8, 4) is 0 Å². The maximum absolute atomic E-state index is 12.8. The molecule has 1 aromatic heterocycles. The Hall–Kier alpha value is -3.12. The van der Waals surface area contributed by atoms with E-state index in [1.807, 2.05) is 47.4 Å². The molecule has 0 spiro atoms. The third kappa shape index (κ3) is 4.54. The van der Waals surface area contributed by atoms with E-state index in [4.69, 9.17) is 0 Å². The SMILES string of the molecule is CC(C)c1ccc(NC(=O)CN2CCN(C(=O)c3cc4ccccc4[nH]3)CC2)cc1. The number of benzene rings is 2. The summed E-state index contributed by atoms with van der Waals surface area (Å²) in [5, 5.41) is 4.00. The van der Waals surface area contributed by atoms with Crippen LogP contribution in [0.5, 0.6) is 0 Å². The van der Waals surface area contributed by atoms with Gasteiger partial charge in [0.15, 0.2) is 0 Å². The van der Waals surface area contributed by atoms with Gasteiger partial charge < -0.3 is 15.2 Å². The Morgan fingerprint density at radius 1 is 1.00 bits per heavy atom. The van der Waals surface area contributed by atoms with Gasteiger partial charge in [0.2, 0.25) is 5.91 Å². The zero-order valence-corrected chi connectivity index (χ0v) is 17.5. The first-order valence-corrected chi connectivity index (χ1v) is 10.5. The topological polar surface area (TPSA) is 68.4 Å². The normalized spacial score (nSPS) is 15.0. The lowest BCUT2D eigenvalue weighted by molar-refractivity contribution is -0.117. The van der Waals surface area contributed by atoms with Crippen LogP contribution in [0.4, 0.5) is 5.69 Å². The highest BCUT2D eigenvalue weighted by Crippen LogP contribution is 2.18. The standard InChI is InChI=1S/C24H28N4O2/c1-17(2)18-7-9-20(10-8-18)25-23(29)16-27-11-13-28(14-12-27)24(30)22-15-19-5-3-4-6-21(19)26-22/h3-10,15,17,26H,11-14,16H2,1-2H3,(H,25,29). The molecule has 1 saturated heterocycles. The van der Waals surface area contributed by atoms with E-state index < -0.39 is 0 Å². The Balaban J connectivity index is 1.27. The van der Waals surface area contributed by atoms with Crippen LogP contribution < -0.4 is 5.32 Å². The van der Waals surface area contributed by atoms with Crippen LogP contribution in [0, 0.1) is 0 Å². The summed E-state index contributed by atoms with van der Waals surface area (Å²) in [5.74, 6) is 0.460. The van der Waals surface area contributed by atoms with Gasteiger partial charge in [-0.3, -0.25) is 14.5 Å². The highest BCUT2D eigenvalue weighted by atomic mass is 16.2. The molecule has 0 unspecified atom stereocenters. The number of piperazine rings is 1.